The third kappa shape index (κ3) is 2.59. The van der Waals surface area contributed by atoms with E-state index in [4.69, 9.17) is 0 Å². The molecule has 1 fully saturated rings. The number of rotatable bonds is 4. The minimum Gasteiger partial charge on any atom is -0.359 e. The van der Waals surface area contributed by atoms with Crippen LogP contribution in [-0.4, -0.2) is 32.2 Å². The number of nitrogens with one attached hydrogen (secondary N) is 1. The molecule has 116 valence electrons. The zero-order valence-electron chi connectivity index (χ0n) is 12.2. The van der Waals surface area contributed by atoms with Gasteiger partial charge in [0.1, 0.15) is 0 Å². The van der Waals surface area contributed by atoms with E-state index in [0.29, 0.717) is 12.6 Å². The van der Waals surface area contributed by atoms with Crippen LogP contribution < -0.4 is 9.62 Å². The van der Waals surface area contributed by atoms with Gasteiger partial charge in [-0.25, -0.2) is 13.4 Å². The van der Waals surface area contributed by atoms with Crippen LogP contribution in [0.4, 0.5) is 10.8 Å². The molecule has 0 spiro atoms. The van der Waals surface area contributed by atoms with Crippen molar-refractivity contribution in [3.05, 3.63) is 29.1 Å². The second kappa shape index (κ2) is 4.96. The van der Waals surface area contributed by atoms with E-state index in [1.807, 2.05) is 12.1 Å². The standard InChI is InChI=1S/C15H17N3O2S2/c1-22(19,20)18-7-6-11-8-10(2-5-14(11)18)13-9-21-15(17-13)16-12-3-4-12/h2,5,8-9,12H,3-4,6-7H2,1H3,(H,16,17). The van der Waals surface area contributed by atoms with E-state index in [2.05, 4.69) is 21.7 Å². The molecule has 0 radical (unpaired) electrons. The van der Waals surface area contributed by atoms with Crippen LogP contribution in [0.2, 0.25) is 0 Å². The van der Waals surface area contributed by atoms with Crippen molar-refractivity contribution in [1.82, 2.24) is 4.98 Å². The lowest BCUT2D eigenvalue weighted by atomic mass is 10.1. The predicted molar refractivity (Wildman–Crippen MR) is 90.1 cm³/mol. The molecule has 0 atom stereocenters. The molecule has 0 saturated heterocycles. The Balaban J connectivity index is 1.63. The Morgan fingerprint density at radius 2 is 2.18 bits per heavy atom. The Morgan fingerprint density at radius 3 is 2.91 bits per heavy atom. The molecule has 7 heteroatoms. The Morgan fingerprint density at radius 1 is 1.36 bits per heavy atom. The second-order valence-corrected chi connectivity index (χ2v) is 8.65. The largest absolute Gasteiger partial charge is 0.359 e. The summed E-state index contributed by atoms with van der Waals surface area (Å²) in [5, 5.41) is 6.42. The fraction of sp³-hybridized carbons (Fsp3) is 0.400. The second-order valence-electron chi connectivity index (χ2n) is 5.89. The number of thiazole rings is 1. The van der Waals surface area contributed by atoms with Crippen LogP contribution in [0.3, 0.4) is 0 Å². The number of hydrogen-bond donors (Lipinski definition) is 1. The highest BCUT2D eigenvalue weighted by Crippen LogP contribution is 2.35. The van der Waals surface area contributed by atoms with E-state index >= 15 is 0 Å². The van der Waals surface area contributed by atoms with Crippen molar-refractivity contribution in [3.63, 3.8) is 0 Å². The fourth-order valence-electron chi connectivity index (χ4n) is 2.75. The quantitative estimate of drug-likeness (QED) is 0.933. The predicted octanol–water partition coefficient (Wildman–Crippen LogP) is 2.71. The summed E-state index contributed by atoms with van der Waals surface area (Å²) in [6.45, 7) is 0.531. The summed E-state index contributed by atoms with van der Waals surface area (Å²) in [6, 6.07) is 6.52. The monoisotopic (exact) mass is 335 g/mol. The van der Waals surface area contributed by atoms with Crippen LogP contribution in [-0.2, 0) is 16.4 Å². The van der Waals surface area contributed by atoms with Gasteiger partial charge in [-0.2, -0.15) is 0 Å². The molecule has 1 saturated carbocycles. The molecular weight excluding hydrogens is 318 g/mol. The van der Waals surface area contributed by atoms with Gasteiger partial charge in [0.15, 0.2) is 5.13 Å². The third-order valence-corrected chi connectivity index (χ3v) is 5.99. The lowest BCUT2D eigenvalue weighted by molar-refractivity contribution is 0.598. The summed E-state index contributed by atoms with van der Waals surface area (Å²) in [7, 11) is -3.19. The third-order valence-electron chi connectivity index (χ3n) is 4.04. The van der Waals surface area contributed by atoms with Crippen molar-refractivity contribution >= 4 is 32.2 Å². The average molecular weight is 335 g/mol. The normalized spacial score (nSPS) is 17.6. The van der Waals surface area contributed by atoms with Crippen molar-refractivity contribution in [2.24, 2.45) is 0 Å². The molecule has 1 aliphatic heterocycles. The maximum absolute atomic E-state index is 11.8. The maximum Gasteiger partial charge on any atom is 0.232 e. The first-order valence-electron chi connectivity index (χ1n) is 7.34. The van der Waals surface area contributed by atoms with Gasteiger partial charge in [-0.15, -0.1) is 11.3 Å². The summed E-state index contributed by atoms with van der Waals surface area (Å²) in [4.78, 5) is 4.63. The van der Waals surface area contributed by atoms with Gasteiger partial charge in [0.05, 0.1) is 17.6 Å². The summed E-state index contributed by atoms with van der Waals surface area (Å²) in [5.74, 6) is 0. The van der Waals surface area contributed by atoms with Gasteiger partial charge in [0.2, 0.25) is 10.0 Å². The molecule has 0 amide bonds. The minimum atomic E-state index is -3.19. The van der Waals surface area contributed by atoms with E-state index in [0.717, 1.165) is 34.1 Å². The molecule has 2 aromatic rings. The molecule has 0 unspecified atom stereocenters. The topological polar surface area (TPSA) is 62.3 Å². The van der Waals surface area contributed by atoms with Crippen molar-refractivity contribution < 1.29 is 8.42 Å². The summed E-state index contributed by atoms with van der Waals surface area (Å²) in [5.41, 5.74) is 3.88. The van der Waals surface area contributed by atoms with Crippen molar-refractivity contribution in [2.75, 3.05) is 22.4 Å². The first-order valence-corrected chi connectivity index (χ1v) is 10.1. The average Bonchev–Trinajstić information content (AvgIpc) is 2.99. The van der Waals surface area contributed by atoms with Crippen molar-refractivity contribution in [2.45, 2.75) is 25.3 Å². The SMILES string of the molecule is CS(=O)(=O)N1CCc2cc(-c3csc(NC4CC4)n3)ccc21. The zero-order valence-corrected chi connectivity index (χ0v) is 13.9. The van der Waals surface area contributed by atoms with Crippen LogP contribution in [0, 0.1) is 0 Å². The number of sulfonamides is 1. The van der Waals surface area contributed by atoms with Gasteiger partial charge >= 0.3 is 0 Å². The molecule has 1 aromatic carbocycles. The van der Waals surface area contributed by atoms with Gasteiger partial charge in [-0.05, 0) is 37.0 Å². The highest BCUT2D eigenvalue weighted by molar-refractivity contribution is 7.92. The van der Waals surface area contributed by atoms with Gasteiger partial charge in [-0.3, -0.25) is 4.31 Å². The molecule has 1 N–H and O–H groups in total. The molecule has 4 rings (SSSR count). The Hall–Kier alpha value is -1.60. The van der Waals surface area contributed by atoms with Crippen LogP contribution in [0.5, 0.6) is 0 Å². The lowest BCUT2D eigenvalue weighted by Crippen LogP contribution is -2.27. The molecular formula is C15H17N3O2S2. The number of aromatic nitrogens is 1. The molecule has 0 bridgehead atoms. The minimum absolute atomic E-state index is 0.531. The Bertz CT molecular complexity index is 825. The van der Waals surface area contributed by atoms with Crippen LogP contribution in [0.25, 0.3) is 11.3 Å². The molecule has 5 nitrogen and oxygen atoms in total. The summed E-state index contributed by atoms with van der Waals surface area (Å²) in [6.07, 6.45) is 4.48. The van der Waals surface area contributed by atoms with Gasteiger partial charge in [-0.1, -0.05) is 6.07 Å². The van der Waals surface area contributed by atoms with Crippen LogP contribution in [0.1, 0.15) is 18.4 Å². The van der Waals surface area contributed by atoms with Gasteiger partial charge in [0.25, 0.3) is 0 Å². The zero-order chi connectivity index (χ0) is 15.3. The Kier molecular flexibility index (Phi) is 3.16. The highest BCUT2D eigenvalue weighted by atomic mass is 32.2. The van der Waals surface area contributed by atoms with Crippen molar-refractivity contribution in [3.8, 4) is 11.3 Å². The van der Waals surface area contributed by atoms with Crippen molar-refractivity contribution in [1.29, 1.82) is 0 Å². The van der Waals surface area contributed by atoms with E-state index < -0.39 is 10.0 Å². The maximum atomic E-state index is 11.8. The van der Waals surface area contributed by atoms with E-state index in [1.165, 1.54) is 23.4 Å². The van der Waals surface area contributed by atoms with Gasteiger partial charge in [0, 0.05) is 23.5 Å². The molecule has 1 aliphatic carbocycles. The molecule has 22 heavy (non-hydrogen) atoms. The first-order chi connectivity index (χ1) is 10.5. The smallest absolute Gasteiger partial charge is 0.232 e. The highest BCUT2D eigenvalue weighted by Gasteiger charge is 2.26. The van der Waals surface area contributed by atoms with E-state index in [9.17, 15) is 8.42 Å². The molecule has 1 aromatic heterocycles. The number of fused-ring (bicyclic) bond motifs is 1. The van der Waals surface area contributed by atoms with Crippen LogP contribution in [0.15, 0.2) is 23.6 Å². The summed E-state index contributed by atoms with van der Waals surface area (Å²) >= 11 is 1.62. The number of benzene rings is 1. The van der Waals surface area contributed by atoms with Crippen LogP contribution >= 0.6 is 11.3 Å². The lowest BCUT2D eigenvalue weighted by Gasteiger charge is -2.16. The first kappa shape index (κ1) is 14.0. The molecule has 2 heterocycles. The number of nitrogens with zero attached hydrogens (tertiary/aromatic N) is 2. The van der Waals surface area contributed by atoms with E-state index in [-0.39, 0.29) is 0 Å². The van der Waals surface area contributed by atoms with Gasteiger partial charge < -0.3 is 5.32 Å². The number of hydrogen-bond acceptors (Lipinski definition) is 5. The fourth-order valence-corrected chi connectivity index (χ4v) is 4.51. The Labute approximate surface area is 134 Å². The van der Waals surface area contributed by atoms with E-state index in [1.54, 1.807) is 11.3 Å². The molecule has 2 aliphatic rings. The number of anilines is 2. The summed E-state index contributed by atoms with van der Waals surface area (Å²) < 4.78 is 25.0.